The first-order valence-electron chi connectivity index (χ1n) is 7.39. The predicted molar refractivity (Wildman–Crippen MR) is 78.7 cm³/mol. The van der Waals surface area contributed by atoms with Crippen molar-refractivity contribution in [2.45, 2.75) is 50.7 Å². The lowest BCUT2D eigenvalue weighted by molar-refractivity contribution is -0.141. The van der Waals surface area contributed by atoms with Crippen LogP contribution in [0.4, 0.5) is 0 Å². The Kier molecular flexibility index (Phi) is 3.99. The summed E-state index contributed by atoms with van der Waals surface area (Å²) >= 11 is 1.49. The van der Waals surface area contributed by atoms with E-state index >= 15 is 0 Å². The van der Waals surface area contributed by atoms with Crippen LogP contribution in [0.2, 0.25) is 0 Å². The van der Waals surface area contributed by atoms with Gasteiger partial charge in [-0.3, -0.25) is 4.79 Å². The summed E-state index contributed by atoms with van der Waals surface area (Å²) in [4.78, 5) is 27.0. The third-order valence-corrected chi connectivity index (χ3v) is 5.51. The molecule has 21 heavy (non-hydrogen) atoms. The number of nitrogens with zero attached hydrogens (tertiary/aromatic N) is 1. The van der Waals surface area contributed by atoms with Crippen LogP contribution in [-0.4, -0.2) is 45.7 Å². The molecule has 1 aliphatic heterocycles. The highest BCUT2D eigenvalue weighted by molar-refractivity contribution is 7.14. The van der Waals surface area contributed by atoms with E-state index in [4.69, 9.17) is 0 Å². The van der Waals surface area contributed by atoms with Gasteiger partial charge in [-0.25, -0.2) is 4.79 Å². The van der Waals surface area contributed by atoms with Crippen molar-refractivity contribution in [2.75, 3.05) is 6.54 Å². The normalized spacial score (nSPS) is 25.5. The maximum Gasteiger partial charge on any atom is 0.326 e. The van der Waals surface area contributed by atoms with Crippen molar-refractivity contribution in [2.24, 2.45) is 0 Å². The van der Waals surface area contributed by atoms with E-state index in [1.807, 2.05) is 6.07 Å². The lowest BCUT2D eigenvalue weighted by Gasteiger charge is -2.20. The van der Waals surface area contributed by atoms with Crippen molar-refractivity contribution in [3.8, 4) is 0 Å². The van der Waals surface area contributed by atoms with Crippen LogP contribution in [0.15, 0.2) is 6.07 Å². The molecule has 0 saturated carbocycles. The molecule has 2 aliphatic rings. The maximum atomic E-state index is 12.6. The zero-order valence-electron chi connectivity index (χ0n) is 11.7. The van der Waals surface area contributed by atoms with Gasteiger partial charge in [0.15, 0.2) is 0 Å². The fraction of sp³-hybridized carbons (Fsp3) is 0.600. The molecule has 1 aromatic rings. The van der Waals surface area contributed by atoms with E-state index in [1.54, 1.807) is 0 Å². The SMILES string of the molecule is O=C(O)[C@H]1C[C@@H](O)CN1C(=O)c1cc2c(s1)CCCCC2. The van der Waals surface area contributed by atoms with Gasteiger partial charge < -0.3 is 15.1 Å². The topological polar surface area (TPSA) is 77.8 Å². The van der Waals surface area contributed by atoms with Crippen LogP contribution in [0.5, 0.6) is 0 Å². The number of aliphatic hydroxyl groups is 1. The second-order valence-corrected chi connectivity index (χ2v) is 6.96. The summed E-state index contributed by atoms with van der Waals surface area (Å²) in [5.74, 6) is -1.30. The van der Waals surface area contributed by atoms with Crippen LogP contribution in [0.1, 0.15) is 45.8 Å². The first-order chi connectivity index (χ1) is 10.1. The fourth-order valence-electron chi connectivity index (χ4n) is 3.19. The predicted octanol–water partition coefficient (Wildman–Crippen LogP) is 1.68. The van der Waals surface area contributed by atoms with Gasteiger partial charge in [0.25, 0.3) is 5.91 Å². The first-order valence-corrected chi connectivity index (χ1v) is 8.21. The average Bonchev–Trinajstić information content (AvgIpc) is 2.96. The Morgan fingerprint density at radius 1 is 1.24 bits per heavy atom. The number of fused-ring (bicyclic) bond motifs is 1. The Balaban J connectivity index is 1.83. The molecule has 1 saturated heterocycles. The number of carboxylic acids is 1. The molecule has 2 N–H and O–H groups in total. The van der Waals surface area contributed by atoms with E-state index in [0.29, 0.717) is 4.88 Å². The number of carbonyl (C=O) groups excluding carboxylic acids is 1. The van der Waals surface area contributed by atoms with E-state index < -0.39 is 18.1 Å². The van der Waals surface area contributed by atoms with Gasteiger partial charge in [0.1, 0.15) is 6.04 Å². The van der Waals surface area contributed by atoms with E-state index in [-0.39, 0.29) is 18.9 Å². The van der Waals surface area contributed by atoms with Gasteiger partial charge in [-0.05, 0) is 37.3 Å². The number of aryl methyl sites for hydroxylation is 2. The van der Waals surface area contributed by atoms with E-state index in [1.165, 1.54) is 33.1 Å². The third kappa shape index (κ3) is 2.82. The van der Waals surface area contributed by atoms with Crippen molar-refractivity contribution in [1.82, 2.24) is 4.90 Å². The molecule has 0 radical (unpaired) electrons. The molecule has 5 nitrogen and oxygen atoms in total. The number of thiophene rings is 1. The summed E-state index contributed by atoms with van der Waals surface area (Å²) < 4.78 is 0. The number of carbonyl (C=O) groups is 2. The monoisotopic (exact) mass is 309 g/mol. The van der Waals surface area contributed by atoms with Gasteiger partial charge >= 0.3 is 5.97 Å². The van der Waals surface area contributed by atoms with E-state index in [0.717, 1.165) is 25.7 Å². The molecule has 0 unspecified atom stereocenters. The summed E-state index contributed by atoms with van der Waals surface area (Å²) in [5, 5.41) is 18.9. The number of aliphatic hydroxyl groups excluding tert-OH is 1. The molecule has 2 atom stereocenters. The second kappa shape index (κ2) is 5.77. The Morgan fingerprint density at radius 2 is 2.00 bits per heavy atom. The number of hydrogen-bond acceptors (Lipinski definition) is 4. The molecular formula is C15H19NO4S. The van der Waals surface area contributed by atoms with Crippen LogP contribution in [0.3, 0.4) is 0 Å². The van der Waals surface area contributed by atoms with Crippen LogP contribution in [-0.2, 0) is 17.6 Å². The molecule has 1 aromatic heterocycles. The number of likely N-dealkylation sites (tertiary alicyclic amines) is 1. The minimum Gasteiger partial charge on any atom is -0.480 e. The highest BCUT2D eigenvalue weighted by Gasteiger charge is 2.39. The quantitative estimate of drug-likeness (QED) is 0.815. The molecule has 1 fully saturated rings. The summed E-state index contributed by atoms with van der Waals surface area (Å²) in [6, 6.07) is 1.02. The molecule has 1 aliphatic carbocycles. The largest absolute Gasteiger partial charge is 0.480 e. The van der Waals surface area contributed by atoms with Crippen LogP contribution < -0.4 is 0 Å². The number of β-amino-alcohol motifs (C(OH)–C–C–N with tert-alkyl or cyclic N) is 1. The first kappa shape index (κ1) is 14.5. The number of rotatable bonds is 2. The van der Waals surface area contributed by atoms with Crippen LogP contribution >= 0.6 is 11.3 Å². The Bertz CT molecular complexity index is 545. The molecule has 6 heteroatoms. The van der Waals surface area contributed by atoms with Crippen molar-refractivity contribution in [3.63, 3.8) is 0 Å². The number of amides is 1. The highest BCUT2D eigenvalue weighted by atomic mass is 32.1. The Morgan fingerprint density at radius 3 is 2.76 bits per heavy atom. The van der Waals surface area contributed by atoms with Gasteiger partial charge in [0, 0.05) is 17.8 Å². The summed E-state index contributed by atoms with van der Waals surface area (Å²) in [5.41, 5.74) is 1.24. The molecule has 1 amide bonds. The fourth-order valence-corrected chi connectivity index (χ4v) is 4.40. The lowest BCUT2D eigenvalue weighted by Crippen LogP contribution is -2.40. The number of hydrogen-bond donors (Lipinski definition) is 2. The van der Waals surface area contributed by atoms with Gasteiger partial charge in [0.05, 0.1) is 11.0 Å². The second-order valence-electron chi connectivity index (χ2n) is 5.82. The molecule has 0 aromatic carbocycles. The molecule has 0 bridgehead atoms. The standard InChI is InChI=1S/C15H19NO4S/c17-10-7-11(15(19)20)16(8-10)14(18)13-6-9-4-2-1-3-5-12(9)21-13/h6,10-11,17H,1-5,7-8H2,(H,19,20)/t10-,11-/m1/s1. The average molecular weight is 309 g/mol. The van der Waals surface area contributed by atoms with Crippen LogP contribution in [0, 0.1) is 0 Å². The molecule has 3 rings (SSSR count). The minimum atomic E-state index is -1.04. The van der Waals surface area contributed by atoms with Gasteiger partial charge in [-0.15, -0.1) is 11.3 Å². The molecular weight excluding hydrogens is 290 g/mol. The van der Waals surface area contributed by atoms with Crippen LogP contribution in [0.25, 0.3) is 0 Å². The van der Waals surface area contributed by atoms with Crippen molar-refractivity contribution >= 4 is 23.2 Å². The zero-order chi connectivity index (χ0) is 15.0. The van der Waals surface area contributed by atoms with Crippen molar-refractivity contribution < 1.29 is 19.8 Å². The third-order valence-electron chi connectivity index (χ3n) is 4.28. The van der Waals surface area contributed by atoms with Crippen molar-refractivity contribution in [3.05, 3.63) is 21.4 Å². The zero-order valence-corrected chi connectivity index (χ0v) is 12.6. The van der Waals surface area contributed by atoms with Gasteiger partial charge in [0.2, 0.25) is 0 Å². The van der Waals surface area contributed by atoms with Gasteiger partial charge in [-0.1, -0.05) is 6.42 Å². The smallest absolute Gasteiger partial charge is 0.326 e. The number of aliphatic carboxylic acids is 1. The minimum absolute atomic E-state index is 0.109. The van der Waals surface area contributed by atoms with Gasteiger partial charge in [-0.2, -0.15) is 0 Å². The summed E-state index contributed by atoms with van der Waals surface area (Å²) in [7, 11) is 0. The summed E-state index contributed by atoms with van der Waals surface area (Å²) in [6.07, 6.45) is 4.92. The van der Waals surface area contributed by atoms with E-state index in [2.05, 4.69) is 0 Å². The number of carboxylic acid groups (broad SMARTS) is 1. The summed E-state index contributed by atoms with van der Waals surface area (Å²) in [6.45, 7) is 0.109. The molecule has 2 heterocycles. The Labute approximate surface area is 127 Å². The lowest BCUT2D eigenvalue weighted by atomic mass is 10.1. The maximum absolute atomic E-state index is 12.6. The Hall–Kier alpha value is -1.40. The molecule has 114 valence electrons. The highest BCUT2D eigenvalue weighted by Crippen LogP contribution is 2.31. The van der Waals surface area contributed by atoms with Crippen molar-refractivity contribution in [1.29, 1.82) is 0 Å². The van der Waals surface area contributed by atoms with E-state index in [9.17, 15) is 19.8 Å². The molecule has 0 spiro atoms.